The van der Waals surface area contributed by atoms with Crippen molar-refractivity contribution in [2.45, 2.75) is 25.3 Å². The molecule has 0 spiro atoms. The van der Waals surface area contributed by atoms with E-state index in [9.17, 15) is 9.59 Å². The molecular formula is C20H26N4O5. The molecule has 1 aliphatic heterocycles. The van der Waals surface area contributed by atoms with Crippen molar-refractivity contribution in [1.29, 1.82) is 0 Å². The minimum atomic E-state index is -0.421. The van der Waals surface area contributed by atoms with Gasteiger partial charge in [0.05, 0.1) is 33.4 Å². The number of aromatic nitrogens is 2. The van der Waals surface area contributed by atoms with Crippen LogP contribution in [0.25, 0.3) is 0 Å². The Hall–Kier alpha value is -3.23. The molecule has 2 aromatic rings. The summed E-state index contributed by atoms with van der Waals surface area (Å²) in [6, 6.07) is 4.86. The van der Waals surface area contributed by atoms with E-state index in [1.165, 1.54) is 7.11 Å². The molecule has 1 aromatic heterocycles. The average molecular weight is 402 g/mol. The quantitative estimate of drug-likeness (QED) is 0.542. The van der Waals surface area contributed by atoms with Crippen LogP contribution < -0.4 is 14.8 Å². The molecule has 156 valence electrons. The Labute approximate surface area is 169 Å². The second-order valence-electron chi connectivity index (χ2n) is 6.63. The lowest BCUT2D eigenvalue weighted by Gasteiger charge is -2.36. The van der Waals surface area contributed by atoms with Gasteiger partial charge in [-0.3, -0.25) is 4.79 Å². The Morgan fingerprint density at radius 3 is 2.83 bits per heavy atom. The highest BCUT2D eigenvalue weighted by molar-refractivity contribution is 5.76. The van der Waals surface area contributed by atoms with Gasteiger partial charge in [0, 0.05) is 37.2 Å². The summed E-state index contributed by atoms with van der Waals surface area (Å²) in [6.07, 6.45) is 3.08. The minimum Gasteiger partial charge on any atom is -0.497 e. The van der Waals surface area contributed by atoms with E-state index in [4.69, 9.17) is 9.47 Å². The number of carbonyl (C=O) groups excluding carboxylic acids is 2. The fourth-order valence-corrected chi connectivity index (χ4v) is 3.50. The lowest BCUT2D eigenvalue weighted by atomic mass is 9.95. The first-order valence-electron chi connectivity index (χ1n) is 9.44. The van der Waals surface area contributed by atoms with Crippen LogP contribution in [0.5, 0.6) is 11.5 Å². The van der Waals surface area contributed by atoms with Crippen molar-refractivity contribution in [3.8, 4) is 11.5 Å². The maximum absolute atomic E-state index is 13.0. The van der Waals surface area contributed by atoms with Gasteiger partial charge in [-0.25, -0.2) is 9.78 Å². The third-order valence-electron chi connectivity index (χ3n) is 4.98. The first kappa shape index (κ1) is 20.5. The molecule has 3 rings (SSSR count). The number of H-pyrrole nitrogens is 1. The highest BCUT2D eigenvalue weighted by Gasteiger charge is 2.36. The zero-order valence-corrected chi connectivity index (χ0v) is 16.9. The zero-order chi connectivity index (χ0) is 20.8. The van der Waals surface area contributed by atoms with E-state index < -0.39 is 6.04 Å². The van der Waals surface area contributed by atoms with Crippen LogP contribution in [0.2, 0.25) is 0 Å². The minimum absolute atomic E-state index is 0.224. The molecule has 1 aromatic carbocycles. The molecule has 1 atom stereocenters. The Kier molecular flexibility index (Phi) is 6.58. The van der Waals surface area contributed by atoms with Crippen molar-refractivity contribution >= 4 is 12.0 Å². The summed E-state index contributed by atoms with van der Waals surface area (Å²) in [4.78, 5) is 33.6. The largest absolute Gasteiger partial charge is 0.497 e. The molecule has 0 aliphatic carbocycles. The Morgan fingerprint density at radius 1 is 1.28 bits per heavy atom. The predicted octanol–water partition coefficient (Wildman–Crippen LogP) is 2.04. The number of esters is 1. The van der Waals surface area contributed by atoms with E-state index in [-0.39, 0.29) is 18.4 Å². The highest BCUT2D eigenvalue weighted by atomic mass is 16.5. The number of urea groups is 1. The topological polar surface area (TPSA) is 106 Å². The molecule has 29 heavy (non-hydrogen) atoms. The van der Waals surface area contributed by atoms with E-state index in [2.05, 4.69) is 20.0 Å². The molecule has 9 heteroatoms. The van der Waals surface area contributed by atoms with Gasteiger partial charge in [-0.2, -0.15) is 0 Å². The number of nitrogens with one attached hydrogen (secondary N) is 2. The summed E-state index contributed by atoms with van der Waals surface area (Å²) in [7, 11) is 4.54. The van der Waals surface area contributed by atoms with Crippen molar-refractivity contribution < 1.29 is 23.8 Å². The van der Waals surface area contributed by atoms with Gasteiger partial charge in [0.15, 0.2) is 0 Å². The van der Waals surface area contributed by atoms with Crippen LogP contribution in [0.1, 0.15) is 35.8 Å². The summed E-state index contributed by atoms with van der Waals surface area (Å²) < 4.78 is 15.6. The van der Waals surface area contributed by atoms with Crippen molar-refractivity contribution in [1.82, 2.24) is 20.2 Å². The van der Waals surface area contributed by atoms with E-state index >= 15 is 0 Å². The normalized spacial score (nSPS) is 15.4. The number of methoxy groups -OCH3 is 3. The number of hydrogen-bond acceptors (Lipinski definition) is 6. The summed E-state index contributed by atoms with van der Waals surface area (Å²) in [5.74, 6) is 1.02. The third kappa shape index (κ3) is 4.44. The molecule has 2 heterocycles. The first-order valence-corrected chi connectivity index (χ1v) is 9.44. The predicted molar refractivity (Wildman–Crippen MR) is 105 cm³/mol. The second kappa shape index (κ2) is 9.31. The molecule has 0 bridgehead atoms. The zero-order valence-electron chi connectivity index (χ0n) is 16.9. The van der Waals surface area contributed by atoms with Crippen LogP contribution in [0.3, 0.4) is 0 Å². The van der Waals surface area contributed by atoms with Crippen LogP contribution in [-0.4, -0.2) is 61.3 Å². The highest BCUT2D eigenvalue weighted by Crippen LogP contribution is 2.39. The Balaban J connectivity index is 1.85. The van der Waals surface area contributed by atoms with E-state index in [0.717, 1.165) is 17.0 Å². The first-order chi connectivity index (χ1) is 14.1. The molecule has 0 fully saturated rings. The standard InChI is InChI=1S/C20H26N4O5/c1-27-13-6-7-16(28-2)14(11-13)19-18-15(22-12-23-18)8-10-24(19)20(26)21-9-4-5-17(25)29-3/h6-7,11-12,19H,4-5,8-10H2,1-3H3,(H,21,26)(H,22,23)/t19-/m1/s1. The number of aromatic amines is 1. The van der Waals surface area contributed by atoms with E-state index in [0.29, 0.717) is 37.4 Å². The molecule has 0 saturated carbocycles. The molecule has 0 unspecified atom stereocenters. The molecule has 1 aliphatic rings. The fraction of sp³-hybridized carbons (Fsp3) is 0.450. The number of rotatable bonds is 7. The van der Waals surface area contributed by atoms with Crippen LogP contribution in [0.15, 0.2) is 24.5 Å². The number of hydrogen-bond donors (Lipinski definition) is 2. The number of carbonyl (C=O) groups is 2. The summed E-state index contributed by atoms with van der Waals surface area (Å²) >= 11 is 0. The van der Waals surface area contributed by atoms with Crippen LogP contribution >= 0.6 is 0 Å². The van der Waals surface area contributed by atoms with Crippen molar-refractivity contribution in [2.24, 2.45) is 0 Å². The van der Waals surface area contributed by atoms with Gasteiger partial charge in [-0.1, -0.05) is 0 Å². The molecule has 0 saturated heterocycles. The Morgan fingerprint density at radius 2 is 2.10 bits per heavy atom. The summed E-state index contributed by atoms with van der Waals surface area (Å²) in [5.41, 5.74) is 2.58. The number of amides is 2. The lowest BCUT2D eigenvalue weighted by Crippen LogP contribution is -2.46. The molecule has 2 N–H and O–H groups in total. The number of imidazole rings is 1. The molecule has 0 radical (unpaired) electrons. The van der Waals surface area contributed by atoms with Gasteiger partial charge in [0.1, 0.15) is 17.5 Å². The monoisotopic (exact) mass is 402 g/mol. The third-order valence-corrected chi connectivity index (χ3v) is 4.98. The smallest absolute Gasteiger partial charge is 0.318 e. The summed E-state index contributed by atoms with van der Waals surface area (Å²) in [5, 5.41) is 2.89. The van der Waals surface area contributed by atoms with E-state index in [1.807, 2.05) is 18.2 Å². The van der Waals surface area contributed by atoms with E-state index in [1.54, 1.807) is 25.4 Å². The van der Waals surface area contributed by atoms with Crippen LogP contribution in [0.4, 0.5) is 4.79 Å². The summed E-state index contributed by atoms with van der Waals surface area (Å²) in [6.45, 7) is 0.892. The van der Waals surface area contributed by atoms with Crippen molar-refractivity contribution in [3.05, 3.63) is 41.5 Å². The van der Waals surface area contributed by atoms with Gasteiger partial charge in [-0.05, 0) is 24.6 Å². The SMILES string of the molecule is COC(=O)CCCNC(=O)N1CCc2[nH]cnc2[C@H]1c1cc(OC)ccc1OC. The Bertz CT molecular complexity index is 866. The molecule has 9 nitrogen and oxygen atoms in total. The maximum Gasteiger partial charge on any atom is 0.318 e. The van der Waals surface area contributed by atoms with Gasteiger partial charge < -0.3 is 29.4 Å². The van der Waals surface area contributed by atoms with Crippen molar-refractivity contribution in [2.75, 3.05) is 34.4 Å². The lowest BCUT2D eigenvalue weighted by molar-refractivity contribution is -0.140. The van der Waals surface area contributed by atoms with Crippen LogP contribution in [0, 0.1) is 0 Å². The molecule has 2 amide bonds. The molecular weight excluding hydrogens is 376 g/mol. The fourth-order valence-electron chi connectivity index (χ4n) is 3.50. The van der Waals surface area contributed by atoms with Gasteiger partial charge in [0.2, 0.25) is 0 Å². The number of ether oxygens (including phenoxy) is 3. The van der Waals surface area contributed by atoms with Gasteiger partial charge in [-0.15, -0.1) is 0 Å². The van der Waals surface area contributed by atoms with Gasteiger partial charge >= 0.3 is 12.0 Å². The van der Waals surface area contributed by atoms with Gasteiger partial charge in [0.25, 0.3) is 0 Å². The number of fused-ring (bicyclic) bond motifs is 1. The van der Waals surface area contributed by atoms with Crippen LogP contribution in [-0.2, 0) is 16.0 Å². The number of benzene rings is 1. The second-order valence-corrected chi connectivity index (χ2v) is 6.63. The maximum atomic E-state index is 13.0. The average Bonchev–Trinajstić information content (AvgIpc) is 3.24. The number of nitrogens with zero attached hydrogens (tertiary/aromatic N) is 2. The van der Waals surface area contributed by atoms with Crippen molar-refractivity contribution in [3.63, 3.8) is 0 Å².